The number of fused-ring (bicyclic) bond motifs is 4. The van der Waals surface area contributed by atoms with Crippen molar-refractivity contribution in [3.8, 4) is 22.3 Å². The lowest BCUT2D eigenvalue weighted by Crippen LogP contribution is -2.21. The third-order valence-electron chi connectivity index (χ3n) is 10.1. The van der Waals surface area contributed by atoms with Gasteiger partial charge in [0, 0.05) is 18.0 Å². The van der Waals surface area contributed by atoms with Crippen LogP contribution < -0.4 is 5.43 Å². The summed E-state index contributed by atoms with van der Waals surface area (Å²) < 4.78 is 0. The Morgan fingerprint density at radius 2 is 1.30 bits per heavy atom. The number of rotatable bonds is 5. The maximum absolute atomic E-state index is 9.35. The predicted molar refractivity (Wildman–Crippen MR) is 210 cm³/mol. The standard InChI is InChI=1S/C46H34N4/c1-29-11-8-21-34-33(29)20-10-22-36(34)44-37-15-3-5-17-39(37)45(40-18-6-4-16-38(40)44)42-28-43(47)46(41-19-7-2-14-35(41)42)50-49-32-13-9-12-31(27-32)30-23-25-48-26-24-30/h2-10,12-29,47,49H,11H2,1H3/b47-43?,50-46-. The van der Waals surface area contributed by atoms with E-state index >= 15 is 0 Å². The highest BCUT2D eigenvalue weighted by Crippen LogP contribution is 2.47. The van der Waals surface area contributed by atoms with E-state index in [0.29, 0.717) is 17.3 Å². The molecule has 50 heavy (non-hydrogen) atoms. The van der Waals surface area contributed by atoms with Crippen molar-refractivity contribution in [3.05, 3.63) is 180 Å². The average molecular weight is 643 g/mol. The summed E-state index contributed by atoms with van der Waals surface area (Å²) in [5, 5.41) is 19.0. The Hall–Kier alpha value is -6.39. The second kappa shape index (κ2) is 12.2. The van der Waals surface area contributed by atoms with Crippen LogP contribution in [0.2, 0.25) is 0 Å². The van der Waals surface area contributed by atoms with Crippen LogP contribution in [0.15, 0.2) is 157 Å². The minimum atomic E-state index is 0.366. The molecule has 0 aliphatic heterocycles. The normalized spacial score (nSPS) is 15.9. The summed E-state index contributed by atoms with van der Waals surface area (Å²) in [4.78, 5) is 4.15. The first kappa shape index (κ1) is 29.7. The van der Waals surface area contributed by atoms with E-state index in [1.165, 1.54) is 43.8 Å². The monoisotopic (exact) mass is 642 g/mol. The predicted octanol–water partition coefficient (Wildman–Crippen LogP) is 11.5. The van der Waals surface area contributed by atoms with Gasteiger partial charge in [-0.15, -0.1) is 0 Å². The molecule has 0 fully saturated rings. The van der Waals surface area contributed by atoms with Crippen molar-refractivity contribution in [1.29, 1.82) is 5.41 Å². The molecule has 2 aliphatic rings. The quantitative estimate of drug-likeness (QED) is 0.145. The number of hydrogen-bond acceptors (Lipinski definition) is 4. The van der Waals surface area contributed by atoms with Crippen molar-refractivity contribution < 1.29 is 0 Å². The molecule has 2 aliphatic carbocycles. The van der Waals surface area contributed by atoms with Crippen LogP contribution in [-0.4, -0.2) is 16.4 Å². The van der Waals surface area contributed by atoms with E-state index in [-0.39, 0.29) is 0 Å². The first-order valence-corrected chi connectivity index (χ1v) is 17.1. The number of nitrogens with one attached hydrogen (secondary N) is 2. The Balaban J connectivity index is 1.21. The number of anilines is 1. The lowest BCUT2D eigenvalue weighted by Gasteiger charge is -2.26. The Kier molecular flexibility index (Phi) is 7.28. The summed E-state index contributed by atoms with van der Waals surface area (Å²) >= 11 is 0. The zero-order valence-corrected chi connectivity index (χ0v) is 27.7. The summed E-state index contributed by atoms with van der Waals surface area (Å²) in [7, 11) is 0. The number of nitrogens with zero attached hydrogens (tertiary/aromatic N) is 2. The summed E-state index contributed by atoms with van der Waals surface area (Å²) in [5.41, 5.74) is 16.7. The van der Waals surface area contributed by atoms with Gasteiger partial charge in [0.2, 0.25) is 0 Å². The van der Waals surface area contributed by atoms with Crippen molar-refractivity contribution in [2.45, 2.75) is 19.3 Å². The van der Waals surface area contributed by atoms with E-state index in [2.05, 4.69) is 127 Å². The topological polar surface area (TPSA) is 61.1 Å². The zero-order valence-electron chi connectivity index (χ0n) is 27.7. The number of aromatic nitrogens is 1. The molecule has 9 rings (SSSR count). The van der Waals surface area contributed by atoms with E-state index < -0.39 is 0 Å². The van der Waals surface area contributed by atoms with Crippen molar-refractivity contribution in [2.24, 2.45) is 5.10 Å². The summed E-state index contributed by atoms with van der Waals surface area (Å²) in [5.74, 6) is 0.484. The molecule has 6 aromatic carbocycles. The van der Waals surface area contributed by atoms with E-state index in [0.717, 1.165) is 45.5 Å². The minimum absolute atomic E-state index is 0.366. The molecule has 238 valence electrons. The molecule has 0 saturated carbocycles. The fourth-order valence-corrected chi connectivity index (χ4v) is 7.76. The Morgan fingerprint density at radius 3 is 2.04 bits per heavy atom. The van der Waals surface area contributed by atoms with Gasteiger partial charge >= 0.3 is 0 Å². The molecule has 2 N–H and O–H groups in total. The third-order valence-corrected chi connectivity index (χ3v) is 10.1. The smallest absolute Gasteiger partial charge is 0.116 e. The molecule has 1 aromatic heterocycles. The second-order valence-electron chi connectivity index (χ2n) is 13.1. The van der Waals surface area contributed by atoms with E-state index in [4.69, 9.17) is 5.10 Å². The molecule has 0 spiro atoms. The first-order valence-electron chi connectivity index (χ1n) is 17.1. The SMILES string of the molecule is CC1CC=Cc2c(-c3c4ccccc4c(C4=CC(=N)/C(=N\Nc5cccc(-c6ccncc6)c5)c5ccccc54)c4ccccc34)cccc21. The summed E-state index contributed by atoms with van der Waals surface area (Å²) in [6, 6.07) is 44.8. The number of pyridine rings is 1. The molecule has 0 bridgehead atoms. The number of benzene rings is 6. The average Bonchev–Trinajstić information content (AvgIpc) is 3.17. The van der Waals surface area contributed by atoms with E-state index in [1.807, 2.05) is 36.4 Å². The fraction of sp³-hybridized carbons (Fsp3) is 0.0652. The molecule has 0 saturated heterocycles. The number of hydrogen-bond donors (Lipinski definition) is 2. The number of hydrazone groups is 1. The van der Waals surface area contributed by atoms with Gasteiger partial charge in [0.05, 0.1) is 11.4 Å². The van der Waals surface area contributed by atoms with Crippen molar-refractivity contribution in [1.82, 2.24) is 4.98 Å². The molecule has 1 heterocycles. The van der Waals surface area contributed by atoms with Crippen molar-refractivity contribution in [2.75, 3.05) is 5.43 Å². The lowest BCUT2D eigenvalue weighted by molar-refractivity contribution is 0.772. The van der Waals surface area contributed by atoms with Gasteiger partial charge in [-0.25, -0.2) is 0 Å². The van der Waals surface area contributed by atoms with Crippen LogP contribution in [0.3, 0.4) is 0 Å². The van der Waals surface area contributed by atoms with Crippen LogP contribution in [0.1, 0.15) is 47.1 Å². The van der Waals surface area contributed by atoms with Crippen LogP contribution >= 0.6 is 0 Å². The van der Waals surface area contributed by atoms with Crippen LogP contribution in [0.25, 0.3) is 55.4 Å². The van der Waals surface area contributed by atoms with Crippen LogP contribution in [0, 0.1) is 5.41 Å². The van der Waals surface area contributed by atoms with Gasteiger partial charge in [0.25, 0.3) is 0 Å². The molecular formula is C46H34N4. The molecule has 4 heteroatoms. The van der Waals surface area contributed by atoms with Crippen molar-refractivity contribution in [3.63, 3.8) is 0 Å². The summed E-state index contributed by atoms with van der Waals surface area (Å²) in [6.45, 7) is 2.32. The van der Waals surface area contributed by atoms with Crippen LogP contribution in [0.5, 0.6) is 0 Å². The van der Waals surface area contributed by atoms with Crippen LogP contribution in [-0.2, 0) is 0 Å². The summed E-state index contributed by atoms with van der Waals surface area (Å²) in [6.07, 6.45) is 11.3. The van der Waals surface area contributed by atoms with Gasteiger partial charge < -0.3 is 0 Å². The highest BCUT2D eigenvalue weighted by molar-refractivity contribution is 6.54. The van der Waals surface area contributed by atoms with Crippen molar-refractivity contribution >= 4 is 50.3 Å². The Labute approximate surface area is 291 Å². The van der Waals surface area contributed by atoms with Gasteiger partial charge in [0.15, 0.2) is 0 Å². The molecule has 7 aromatic rings. The Morgan fingerprint density at radius 1 is 0.660 bits per heavy atom. The molecule has 1 unspecified atom stereocenters. The largest absolute Gasteiger partial charge is 0.299 e. The maximum atomic E-state index is 9.35. The molecule has 4 nitrogen and oxygen atoms in total. The lowest BCUT2D eigenvalue weighted by atomic mass is 9.78. The van der Waals surface area contributed by atoms with Gasteiger partial charge in [-0.2, -0.15) is 5.10 Å². The zero-order chi connectivity index (χ0) is 33.6. The molecular weight excluding hydrogens is 609 g/mol. The van der Waals surface area contributed by atoms with Crippen LogP contribution in [0.4, 0.5) is 5.69 Å². The second-order valence-corrected chi connectivity index (χ2v) is 13.1. The van der Waals surface area contributed by atoms with E-state index in [1.54, 1.807) is 12.4 Å². The number of allylic oxidation sites excluding steroid dienone is 2. The Bertz CT molecular complexity index is 2520. The maximum Gasteiger partial charge on any atom is 0.116 e. The van der Waals surface area contributed by atoms with Gasteiger partial charge in [-0.05, 0) is 114 Å². The first-order chi connectivity index (χ1) is 24.7. The molecule has 1 atom stereocenters. The fourth-order valence-electron chi connectivity index (χ4n) is 7.76. The van der Waals surface area contributed by atoms with E-state index in [9.17, 15) is 5.41 Å². The highest BCUT2D eigenvalue weighted by Gasteiger charge is 2.27. The van der Waals surface area contributed by atoms with Gasteiger partial charge in [-0.3, -0.25) is 15.8 Å². The van der Waals surface area contributed by atoms with Gasteiger partial charge in [0.1, 0.15) is 5.71 Å². The highest BCUT2D eigenvalue weighted by atomic mass is 15.3. The van der Waals surface area contributed by atoms with Gasteiger partial charge in [-0.1, -0.05) is 122 Å². The molecule has 0 radical (unpaired) electrons. The third kappa shape index (κ3) is 4.96. The molecule has 0 amide bonds. The minimum Gasteiger partial charge on any atom is -0.299 e.